The van der Waals surface area contributed by atoms with Gasteiger partial charge in [-0.2, -0.15) is 31.4 Å². The molecule has 0 amide bonds. The van der Waals surface area contributed by atoms with Crippen LogP contribution in [-0.4, -0.2) is 54.3 Å². The van der Waals surface area contributed by atoms with Crippen LogP contribution >= 0.6 is 0 Å². The fourth-order valence-corrected chi connectivity index (χ4v) is 4.34. The Bertz CT molecular complexity index is 1720. The van der Waals surface area contributed by atoms with E-state index in [1.807, 2.05) is 0 Å². The number of fused-ring (bicyclic) bond motifs is 1. The largest absolute Gasteiger partial charge is 0.423 e. The number of nitrogens with one attached hydrogen (secondary N) is 2. The highest BCUT2D eigenvalue weighted by molar-refractivity contribution is 5.86. The Hall–Kier alpha value is -4.41. The zero-order valence-electron chi connectivity index (χ0n) is 22.0. The van der Waals surface area contributed by atoms with Crippen molar-refractivity contribution in [2.75, 3.05) is 5.32 Å². The number of alkyl halides is 7. The van der Waals surface area contributed by atoms with Gasteiger partial charge in [0.05, 0.1) is 29.4 Å². The maximum Gasteiger partial charge on any atom is 0.423 e. The highest BCUT2D eigenvalue weighted by Gasteiger charge is 2.38. The molecule has 0 aliphatic carbocycles. The number of rotatable bonds is 9. The molecule has 0 spiro atoms. The first-order valence-corrected chi connectivity index (χ1v) is 12.5. The Morgan fingerprint density at radius 3 is 2.37 bits per heavy atom. The minimum Gasteiger partial charge on any atom is -0.383 e. The van der Waals surface area contributed by atoms with Crippen molar-refractivity contribution >= 4 is 16.5 Å². The van der Waals surface area contributed by atoms with E-state index in [2.05, 4.69) is 20.4 Å². The average Bonchev–Trinajstić information content (AvgIpc) is 2.89. The van der Waals surface area contributed by atoms with Crippen LogP contribution in [0.4, 0.5) is 40.8 Å². The number of hydrogen-bond donors (Lipinski definition) is 3. The number of hydrogen-bond acceptors (Lipinski definition) is 7. The molecule has 0 saturated heterocycles. The number of halogens is 8. The Balaban J connectivity index is 1.48. The smallest absolute Gasteiger partial charge is 0.383 e. The molecule has 0 fully saturated rings. The van der Waals surface area contributed by atoms with Gasteiger partial charge in [-0.15, -0.1) is 0 Å². The second kappa shape index (κ2) is 12.1. The molecule has 1 aromatic carbocycles. The van der Waals surface area contributed by atoms with E-state index in [0.717, 1.165) is 29.2 Å². The average molecular weight is 618 g/mol. The van der Waals surface area contributed by atoms with Crippen molar-refractivity contribution < 1.29 is 40.2 Å². The van der Waals surface area contributed by atoms with Gasteiger partial charge in [0.15, 0.2) is 11.9 Å². The maximum atomic E-state index is 15.0. The van der Waals surface area contributed by atoms with Crippen LogP contribution in [-0.2, 0) is 19.1 Å². The van der Waals surface area contributed by atoms with Crippen LogP contribution in [0.3, 0.4) is 0 Å². The summed E-state index contributed by atoms with van der Waals surface area (Å²) in [4.78, 5) is 32.3. The van der Waals surface area contributed by atoms with E-state index in [-0.39, 0.29) is 34.1 Å². The molecule has 0 aliphatic rings. The summed E-state index contributed by atoms with van der Waals surface area (Å²) in [5, 5.41) is 16.7. The molecule has 230 valence electrons. The van der Waals surface area contributed by atoms with E-state index >= 15 is 0 Å². The molecule has 3 atom stereocenters. The monoisotopic (exact) mass is 618 g/mol. The zero-order valence-corrected chi connectivity index (χ0v) is 22.0. The summed E-state index contributed by atoms with van der Waals surface area (Å²) in [5.41, 5.74) is -4.59. The van der Waals surface area contributed by atoms with Crippen LogP contribution in [0.25, 0.3) is 22.2 Å². The fourth-order valence-electron chi connectivity index (χ4n) is 4.34. The second-order valence-corrected chi connectivity index (χ2v) is 9.73. The van der Waals surface area contributed by atoms with Gasteiger partial charge in [0, 0.05) is 37.5 Å². The summed E-state index contributed by atoms with van der Waals surface area (Å²) in [6, 6.07) is 2.59. The number of H-pyrrole nitrogens is 1. The first-order chi connectivity index (χ1) is 20.0. The lowest BCUT2D eigenvalue weighted by Crippen LogP contribution is -2.30. The number of aliphatic hydroxyl groups is 1. The van der Waals surface area contributed by atoms with Gasteiger partial charge in [-0.1, -0.05) is 0 Å². The van der Waals surface area contributed by atoms with Crippen molar-refractivity contribution in [2.45, 2.75) is 57.0 Å². The minimum atomic E-state index is -4.99. The van der Waals surface area contributed by atoms with Crippen molar-refractivity contribution in [3.05, 3.63) is 80.6 Å². The van der Waals surface area contributed by atoms with Crippen LogP contribution in [0.1, 0.15) is 24.5 Å². The molecule has 3 N–H and O–H groups in total. The van der Waals surface area contributed by atoms with Gasteiger partial charge in [0.2, 0.25) is 0 Å². The summed E-state index contributed by atoms with van der Waals surface area (Å²) < 4.78 is 108. The molecular formula is C26H22F8N6O3. The Morgan fingerprint density at radius 2 is 1.74 bits per heavy atom. The SMILES string of the molecule is C[C@@H](C[C@H](F)Cn1ccc2cc(-c3ncc(C[C@H](O)C(F)(F)F)cn3)c(F)cc2c1=O)Nc1cn[nH]c(=O)c1C(F)(F)F. The number of aromatic amines is 1. The number of pyridine rings is 1. The van der Waals surface area contributed by atoms with E-state index in [1.165, 1.54) is 25.3 Å². The molecule has 0 saturated carbocycles. The number of nitrogens with zero attached hydrogens (tertiary/aromatic N) is 4. The second-order valence-electron chi connectivity index (χ2n) is 9.73. The number of benzene rings is 1. The van der Waals surface area contributed by atoms with Crippen molar-refractivity contribution in [1.29, 1.82) is 0 Å². The predicted molar refractivity (Wildman–Crippen MR) is 137 cm³/mol. The van der Waals surface area contributed by atoms with E-state index in [9.17, 15) is 49.8 Å². The summed E-state index contributed by atoms with van der Waals surface area (Å²) in [6.45, 7) is 0.860. The van der Waals surface area contributed by atoms with E-state index in [4.69, 9.17) is 0 Å². The van der Waals surface area contributed by atoms with Gasteiger partial charge < -0.3 is 15.0 Å². The minimum absolute atomic E-state index is 0.0437. The summed E-state index contributed by atoms with van der Waals surface area (Å²) in [6.07, 6.45) is -11.4. The summed E-state index contributed by atoms with van der Waals surface area (Å²) in [5.74, 6) is -1.13. The first-order valence-electron chi connectivity index (χ1n) is 12.5. The van der Waals surface area contributed by atoms with Gasteiger partial charge in [-0.25, -0.2) is 23.8 Å². The lowest BCUT2D eigenvalue weighted by Gasteiger charge is -2.20. The fraction of sp³-hybridized carbons (Fsp3) is 0.346. The van der Waals surface area contributed by atoms with Gasteiger partial charge in [0.25, 0.3) is 11.1 Å². The van der Waals surface area contributed by atoms with Crippen molar-refractivity contribution in [2.24, 2.45) is 0 Å². The third-order valence-electron chi connectivity index (χ3n) is 6.36. The highest BCUT2D eigenvalue weighted by atomic mass is 19.4. The normalized spacial score (nSPS) is 14.5. The molecule has 43 heavy (non-hydrogen) atoms. The maximum absolute atomic E-state index is 15.0. The molecule has 3 aromatic heterocycles. The van der Waals surface area contributed by atoms with Crippen LogP contribution < -0.4 is 16.4 Å². The third-order valence-corrected chi connectivity index (χ3v) is 6.36. The van der Waals surface area contributed by atoms with Crippen LogP contribution in [0, 0.1) is 5.82 Å². The molecule has 0 aliphatic heterocycles. The van der Waals surface area contributed by atoms with Crippen molar-refractivity contribution in [1.82, 2.24) is 24.7 Å². The van der Waals surface area contributed by atoms with Crippen LogP contribution in [0.15, 0.2) is 52.6 Å². The number of aromatic nitrogens is 5. The van der Waals surface area contributed by atoms with E-state index in [0.29, 0.717) is 0 Å². The molecule has 0 radical (unpaired) electrons. The molecule has 17 heteroatoms. The molecular weight excluding hydrogens is 596 g/mol. The quantitative estimate of drug-likeness (QED) is 0.238. The first kappa shape index (κ1) is 31.5. The van der Waals surface area contributed by atoms with Gasteiger partial charge in [-0.05, 0) is 36.1 Å². The van der Waals surface area contributed by atoms with Crippen LogP contribution in [0.5, 0.6) is 0 Å². The Kier molecular flexibility index (Phi) is 8.84. The van der Waals surface area contributed by atoms with Gasteiger partial charge in [-0.3, -0.25) is 9.59 Å². The lowest BCUT2D eigenvalue weighted by atomic mass is 10.1. The molecule has 0 bridgehead atoms. The summed E-state index contributed by atoms with van der Waals surface area (Å²) >= 11 is 0. The van der Waals surface area contributed by atoms with Crippen molar-refractivity contribution in [3.63, 3.8) is 0 Å². The van der Waals surface area contributed by atoms with Crippen molar-refractivity contribution in [3.8, 4) is 11.4 Å². The zero-order chi connectivity index (χ0) is 31.7. The molecule has 4 rings (SSSR count). The summed E-state index contributed by atoms with van der Waals surface area (Å²) in [7, 11) is 0. The number of anilines is 1. The molecule has 4 aromatic rings. The Labute approximate surface area is 236 Å². The van der Waals surface area contributed by atoms with Gasteiger partial charge >= 0.3 is 12.4 Å². The predicted octanol–water partition coefficient (Wildman–Crippen LogP) is 4.39. The lowest BCUT2D eigenvalue weighted by molar-refractivity contribution is -0.203. The standard InChI is InChI=1S/C26H22F8N6O3/c1-12(38-19-10-37-39-23(42)21(19)26(32,33)34)4-15(27)11-40-3-2-14-6-17(18(28)7-16(14)24(40)43)22-35-8-13(9-36-22)5-20(41)25(29,30)31/h2-3,6-10,12,15,20,41H,4-5,11H2,1H3,(H2,38,39,42)/t12-,15-,20-/m0/s1. The topological polar surface area (TPSA) is 126 Å². The highest BCUT2D eigenvalue weighted by Crippen LogP contribution is 2.32. The molecule has 0 unspecified atom stereocenters. The van der Waals surface area contributed by atoms with Crippen LogP contribution in [0.2, 0.25) is 0 Å². The number of aliphatic hydroxyl groups excluding tert-OH is 1. The van der Waals surface area contributed by atoms with Gasteiger partial charge in [0.1, 0.15) is 17.6 Å². The van der Waals surface area contributed by atoms with E-state index < -0.39 is 71.8 Å². The van der Waals surface area contributed by atoms with E-state index in [1.54, 1.807) is 5.10 Å². The third kappa shape index (κ3) is 7.33. The molecule has 9 nitrogen and oxygen atoms in total. The molecule has 3 heterocycles. The Morgan fingerprint density at radius 1 is 1.07 bits per heavy atom.